The fourth-order valence-electron chi connectivity index (χ4n) is 4.27. The van der Waals surface area contributed by atoms with Gasteiger partial charge in [0.1, 0.15) is 11.6 Å². The van der Waals surface area contributed by atoms with E-state index in [9.17, 15) is 9.90 Å². The van der Waals surface area contributed by atoms with Gasteiger partial charge in [-0.25, -0.2) is 4.98 Å². The molecule has 2 atom stereocenters. The molecule has 0 saturated carbocycles. The second-order valence-corrected chi connectivity index (χ2v) is 8.74. The number of amides is 1. The van der Waals surface area contributed by atoms with Crippen molar-refractivity contribution in [2.24, 2.45) is 5.92 Å². The Hall–Kier alpha value is -1.80. The number of benzene rings is 1. The summed E-state index contributed by atoms with van der Waals surface area (Å²) in [5.41, 5.74) is 1.50. The smallest absolute Gasteiger partial charge is 0.248 e. The second kappa shape index (κ2) is 8.29. The van der Waals surface area contributed by atoms with Crippen LogP contribution in [0.2, 0.25) is 0 Å². The van der Waals surface area contributed by atoms with Gasteiger partial charge < -0.3 is 14.7 Å². The minimum absolute atomic E-state index is 0.00843. The van der Waals surface area contributed by atoms with Crippen LogP contribution in [0, 0.1) is 5.92 Å². The number of fused-ring (bicyclic) bond motifs is 1. The third-order valence-electron chi connectivity index (χ3n) is 5.96. The topological polar surface area (TPSA) is 65.9 Å². The van der Waals surface area contributed by atoms with Gasteiger partial charge in [0, 0.05) is 50.2 Å². The molecule has 2 aliphatic rings. The predicted molar refractivity (Wildman–Crippen MR) is 109 cm³/mol. The number of thiazole rings is 1. The number of nitrogens with zero attached hydrogens (tertiary/aromatic N) is 3. The van der Waals surface area contributed by atoms with Gasteiger partial charge in [-0.05, 0) is 12.8 Å². The van der Waals surface area contributed by atoms with Gasteiger partial charge in [-0.15, -0.1) is 11.3 Å². The zero-order valence-electron chi connectivity index (χ0n) is 16.2. The van der Waals surface area contributed by atoms with E-state index in [0.717, 1.165) is 42.3 Å². The number of carbonyl (C=O) groups excluding carboxylic acids is 1. The monoisotopic (exact) mass is 401 g/mol. The molecule has 0 radical (unpaired) electrons. The van der Waals surface area contributed by atoms with Gasteiger partial charge in [-0.1, -0.05) is 30.3 Å². The molecule has 2 aromatic rings. The average molecular weight is 402 g/mol. The highest BCUT2D eigenvalue weighted by Gasteiger charge is 2.45. The van der Waals surface area contributed by atoms with Crippen molar-refractivity contribution in [3.05, 3.63) is 40.7 Å². The van der Waals surface area contributed by atoms with E-state index >= 15 is 0 Å². The highest BCUT2D eigenvalue weighted by atomic mass is 32.1. The summed E-state index contributed by atoms with van der Waals surface area (Å²) in [5, 5.41) is 14.2. The van der Waals surface area contributed by atoms with Crippen molar-refractivity contribution in [3.63, 3.8) is 0 Å². The largest absolute Gasteiger partial charge is 0.389 e. The zero-order valence-corrected chi connectivity index (χ0v) is 17.0. The third-order valence-corrected chi connectivity index (χ3v) is 6.79. The summed E-state index contributed by atoms with van der Waals surface area (Å²) in [6.45, 7) is 3.75. The van der Waals surface area contributed by atoms with E-state index in [2.05, 4.69) is 22.4 Å². The van der Waals surface area contributed by atoms with E-state index in [-0.39, 0.29) is 18.4 Å². The van der Waals surface area contributed by atoms with Crippen molar-refractivity contribution < 1.29 is 14.6 Å². The van der Waals surface area contributed by atoms with Crippen LogP contribution in [0.5, 0.6) is 0 Å². The highest BCUT2D eigenvalue weighted by Crippen LogP contribution is 2.36. The van der Waals surface area contributed by atoms with Crippen molar-refractivity contribution in [1.82, 2.24) is 14.8 Å². The predicted octanol–water partition coefficient (Wildman–Crippen LogP) is 2.24. The van der Waals surface area contributed by atoms with Crippen LogP contribution in [-0.2, 0) is 16.1 Å². The number of aliphatic hydroxyl groups is 1. The van der Waals surface area contributed by atoms with Crippen LogP contribution in [-0.4, -0.2) is 71.3 Å². The Morgan fingerprint density at radius 3 is 2.86 bits per heavy atom. The number of piperidine rings is 2. The first-order chi connectivity index (χ1) is 13.6. The lowest BCUT2D eigenvalue weighted by molar-refractivity contribution is -0.150. The number of methoxy groups -OCH3 is 1. The van der Waals surface area contributed by atoms with E-state index in [1.54, 1.807) is 11.3 Å². The lowest BCUT2D eigenvalue weighted by Crippen LogP contribution is -2.60. The quantitative estimate of drug-likeness (QED) is 0.832. The number of aromatic nitrogens is 1. The van der Waals surface area contributed by atoms with Crippen molar-refractivity contribution >= 4 is 17.2 Å². The molecule has 2 fully saturated rings. The van der Waals surface area contributed by atoms with Gasteiger partial charge in [0.05, 0.1) is 17.8 Å². The fourth-order valence-corrected chi connectivity index (χ4v) is 5.12. The number of rotatable bonds is 5. The van der Waals surface area contributed by atoms with Crippen LogP contribution in [0.15, 0.2) is 35.7 Å². The van der Waals surface area contributed by atoms with Crippen LogP contribution in [0.25, 0.3) is 11.3 Å². The molecule has 0 aliphatic carbocycles. The molecule has 6 nitrogen and oxygen atoms in total. The van der Waals surface area contributed by atoms with Gasteiger partial charge in [-0.2, -0.15) is 0 Å². The molecule has 2 unspecified atom stereocenters. The highest BCUT2D eigenvalue weighted by molar-refractivity contribution is 7.09. The molecule has 3 heterocycles. The standard InChI is InChI=1S/C21H27N3O3S/c1-27-14-20(25)24-10-8-21(26)7-9-23(11-17(21)12-24)13-19-22-18(15-28-19)16-5-3-2-4-6-16/h2-6,15,17,26H,7-14H2,1H3. The summed E-state index contributed by atoms with van der Waals surface area (Å²) in [5.74, 6) is 0.0819. The molecule has 28 heavy (non-hydrogen) atoms. The summed E-state index contributed by atoms with van der Waals surface area (Å²) in [6, 6.07) is 10.2. The van der Waals surface area contributed by atoms with E-state index in [1.165, 1.54) is 7.11 Å². The second-order valence-electron chi connectivity index (χ2n) is 7.80. The molecule has 7 heteroatoms. The molecule has 1 amide bonds. The molecule has 1 aromatic heterocycles. The maximum atomic E-state index is 12.2. The third kappa shape index (κ3) is 4.12. The number of hydrogen-bond donors (Lipinski definition) is 1. The molecule has 1 aromatic carbocycles. The number of likely N-dealkylation sites (tertiary alicyclic amines) is 2. The SMILES string of the molecule is COCC(=O)N1CCC2(O)CCN(Cc3nc(-c4ccccc4)cs3)CC2C1. The Kier molecular flexibility index (Phi) is 5.78. The molecule has 150 valence electrons. The van der Waals surface area contributed by atoms with E-state index < -0.39 is 5.60 Å². The van der Waals surface area contributed by atoms with Gasteiger partial charge in [-0.3, -0.25) is 9.69 Å². The molecular formula is C21H27N3O3S. The van der Waals surface area contributed by atoms with Crippen LogP contribution in [0.4, 0.5) is 0 Å². The van der Waals surface area contributed by atoms with E-state index in [1.807, 2.05) is 23.1 Å². The zero-order chi connectivity index (χ0) is 19.6. The lowest BCUT2D eigenvalue weighted by Gasteiger charge is -2.50. The lowest BCUT2D eigenvalue weighted by atomic mass is 9.75. The summed E-state index contributed by atoms with van der Waals surface area (Å²) in [7, 11) is 1.54. The normalized spacial score (nSPS) is 25.5. The van der Waals surface area contributed by atoms with Crippen LogP contribution in [0.1, 0.15) is 17.8 Å². The average Bonchev–Trinajstić information content (AvgIpc) is 3.17. The molecule has 4 rings (SSSR count). The van der Waals surface area contributed by atoms with Gasteiger partial charge in [0.25, 0.3) is 0 Å². The Morgan fingerprint density at radius 1 is 1.29 bits per heavy atom. The molecule has 1 N–H and O–H groups in total. The van der Waals surface area contributed by atoms with E-state index in [0.29, 0.717) is 19.5 Å². The van der Waals surface area contributed by atoms with Crippen molar-refractivity contribution in [2.45, 2.75) is 25.0 Å². The fraction of sp³-hybridized carbons (Fsp3) is 0.524. The Bertz CT molecular complexity index is 812. The van der Waals surface area contributed by atoms with Crippen molar-refractivity contribution in [2.75, 3.05) is 39.9 Å². The first kappa shape index (κ1) is 19.5. The van der Waals surface area contributed by atoms with Crippen molar-refractivity contribution in [3.8, 4) is 11.3 Å². The number of carbonyl (C=O) groups is 1. The summed E-state index contributed by atoms with van der Waals surface area (Å²) in [4.78, 5) is 21.2. The minimum atomic E-state index is -0.654. The number of hydrogen-bond acceptors (Lipinski definition) is 6. The minimum Gasteiger partial charge on any atom is -0.389 e. The summed E-state index contributed by atoms with van der Waals surface area (Å²) < 4.78 is 4.99. The molecule has 2 saturated heterocycles. The molecule has 0 spiro atoms. The first-order valence-electron chi connectivity index (χ1n) is 9.79. The summed E-state index contributed by atoms with van der Waals surface area (Å²) >= 11 is 1.68. The number of ether oxygens (including phenoxy) is 1. The maximum Gasteiger partial charge on any atom is 0.248 e. The van der Waals surface area contributed by atoms with Crippen LogP contribution < -0.4 is 0 Å². The Balaban J connectivity index is 1.40. The molecule has 2 aliphatic heterocycles. The first-order valence-corrected chi connectivity index (χ1v) is 10.7. The van der Waals surface area contributed by atoms with Crippen LogP contribution >= 0.6 is 11.3 Å². The van der Waals surface area contributed by atoms with Gasteiger partial charge in [0.15, 0.2) is 0 Å². The van der Waals surface area contributed by atoms with E-state index in [4.69, 9.17) is 9.72 Å². The van der Waals surface area contributed by atoms with Crippen LogP contribution in [0.3, 0.4) is 0 Å². The molecule has 0 bridgehead atoms. The van der Waals surface area contributed by atoms with Crippen molar-refractivity contribution in [1.29, 1.82) is 0 Å². The Morgan fingerprint density at radius 2 is 2.07 bits per heavy atom. The Labute approximate surface area is 169 Å². The maximum absolute atomic E-state index is 12.2. The summed E-state index contributed by atoms with van der Waals surface area (Å²) in [6.07, 6.45) is 1.40. The van der Waals surface area contributed by atoms with Gasteiger partial charge >= 0.3 is 0 Å². The van der Waals surface area contributed by atoms with Gasteiger partial charge in [0.2, 0.25) is 5.91 Å². The molecular weight excluding hydrogens is 374 g/mol.